The van der Waals surface area contributed by atoms with E-state index in [1.54, 1.807) is 10.7 Å². The van der Waals surface area contributed by atoms with Crippen molar-refractivity contribution in [1.29, 1.82) is 0 Å². The van der Waals surface area contributed by atoms with Crippen molar-refractivity contribution >= 4 is 5.91 Å². The van der Waals surface area contributed by atoms with Crippen LogP contribution in [0, 0.1) is 5.92 Å². The van der Waals surface area contributed by atoms with Crippen LogP contribution in [0.4, 0.5) is 0 Å². The molecule has 0 radical (unpaired) electrons. The fraction of sp³-hybridized carbons (Fsp3) is 0.722. The van der Waals surface area contributed by atoms with Gasteiger partial charge in [0.25, 0.3) is 5.56 Å². The molecule has 1 unspecified atom stereocenters. The number of carbonyl (C=O) groups excluding carboxylic acids is 1. The Balaban J connectivity index is 1.34. The van der Waals surface area contributed by atoms with Crippen LogP contribution in [0.2, 0.25) is 0 Å². The summed E-state index contributed by atoms with van der Waals surface area (Å²) < 4.78 is 1.63. The van der Waals surface area contributed by atoms with E-state index in [-0.39, 0.29) is 23.6 Å². The number of aromatic nitrogens is 2. The molecule has 130 valence electrons. The quantitative estimate of drug-likeness (QED) is 0.810. The molecule has 1 aliphatic carbocycles. The zero-order valence-corrected chi connectivity index (χ0v) is 14.5. The molecule has 0 aromatic carbocycles. The highest BCUT2D eigenvalue weighted by Gasteiger charge is 2.42. The molecule has 3 aliphatic rings. The van der Waals surface area contributed by atoms with Gasteiger partial charge in [0.15, 0.2) is 0 Å². The van der Waals surface area contributed by atoms with Crippen molar-refractivity contribution < 1.29 is 4.79 Å². The molecule has 6 heteroatoms. The summed E-state index contributed by atoms with van der Waals surface area (Å²) in [5.74, 6) is 1.26. The highest BCUT2D eigenvalue weighted by atomic mass is 16.2. The van der Waals surface area contributed by atoms with E-state index in [0.29, 0.717) is 18.4 Å². The topological polar surface area (TPSA) is 58.4 Å². The van der Waals surface area contributed by atoms with E-state index in [1.807, 2.05) is 11.0 Å². The van der Waals surface area contributed by atoms with Crippen molar-refractivity contribution in [2.24, 2.45) is 5.92 Å². The van der Waals surface area contributed by atoms with Crippen molar-refractivity contribution in [3.8, 4) is 0 Å². The molecule has 1 aromatic rings. The summed E-state index contributed by atoms with van der Waals surface area (Å²) in [6.07, 6.45) is 3.32. The number of likely N-dealkylation sites (tertiary alicyclic amines) is 2. The van der Waals surface area contributed by atoms with Crippen molar-refractivity contribution in [1.82, 2.24) is 19.6 Å². The van der Waals surface area contributed by atoms with E-state index in [2.05, 4.69) is 23.8 Å². The summed E-state index contributed by atoms with van der Waals surface area (Å²) in [5.41, 5.74) is 1.05. The number of carbonyl (C=O) groups is 1. The van der Waals surface area contributed by atoms with Crippen molar-refractivity contribution in [3.63, 3.8) is 0 Å². The second-order valence-corrected chi connectivity index (χ2v) is 7.80. The number of amides is 1. The molecule has 0 spiro atoms. The molecule has 1 saturated carbocycles. The number of hydrogen-bond donors (Lipinski definition) is 0. The van der Waals surface area contributed by atoms with Crippen LogP contribution in [0.5, 0.6) is 0 Å². The van der Waals surface area contributed by atoms with Gasteiger partial charge in [0.2, 0.25) is 5.91 Å². The Morgan fingerprint density at radius 3 is 2.54 bits per heavy atom. The molecule has 1 atom stereocenters. The SMILES string of the molecule is CC(C)N1CCC(N2CC(Cn3nc(C4CC4)ccc3=O)C2)C1=O. The Morgan fingerprint density at radius 2 is 1.92 bits per heavy atom. The first kappa shape index (κ1) is 15.8. The van der Waals surface area contributed by atoms with Gasteiger partial charge >= 0.3 is 0 Å². The Bertz CT molecular complexity index is 689. The molecular weight excluding hydrogens is 304 g/mol. The molecule has 6 nitrogen and oxygen atoms in total. The molecule has 2 saturated heterocycles. The van der Waals surface area contributed by atoms with Crippen LogP contribution in [0.25, 0.3) is 0 Å². The van der Waals surface area contributed by atoms with E-state index in [0.717, 1.165) is 31.7 Å². The maximum atomic E-state index is 12.4. The minimum absolute atomic E-state index is 0.0132. The van der Waals surface area contributed by atoms with Gasteiger partial charge in [0.1, 0.15) is 0 Å². The molecule has 24 heavy (non-hydrogen) atoms. The molecule has 1 aromatic heterocycles. The standard InChI is InChI=1S/C18H26N4O2/c1-12(2)21-8-7-16(18(21)24)20-9-13(10-20)11-22-17(23)6-5-15(19-22)14-3-4-14/h5-6,12-14,16H,3-4,7-11H2,1-2H3. The lowest BCUT2D eigenvalue weighted by molar-refractivity contribution is -0.135. The monoisotopic (exact) mass is 330 g/mol. The minimum atomic E-state index is -0.0132. The number of rotatable bonds is 5. The fourth-order valence-electron chi connectivity index (χ4n) is 3.95. The van der Waals surface area contributed by atoms with Gasteiger partial charge in [-0.1, -0.05) is 0 Å². The van der Waals surface area contributed by atoms with Crippen molar-refractivity contribution in [2.75, 3.05) is 19.6 Å². The molecule has 0 bridgehead atoms. The van der Waals surface area contributed by atoms with Crippen LogP contribution in [0.1, 0.15) is 44.7 Å². The van der Waals surface area contributed by atoms with Crippen molar-refractivity contribution in [2.45, 2.75) is 57.7 Å². The van der Waals surface area contributed by atoms with Crippen LogP contribution in [-0.2, 0) is 11.3 Å². The van der Waals surface area contributed by atoms with Gasteiger partial charge < -0.3 is 4.90 Å². The number of nitrogens with zero attached hydrogens (tertiary/aromatic N) is 4. The molecule has 1 amide bonds. The van der Waals surface area contributed by atoms with Crippen LogP contribution in [0.3, 0.4) is 0 Å². The van der Waals surface area contributed by atoms with Crippen LogP contribution in [0.15, 0.2) is 16.9 Å². The third kappa shape index (κ3) is 2.88. The molecule has 3 fully saturated rings. The second-order valence-electron chi connectivity index (χ2n) is 7.80. The average Bonchev–Trinajstić information content (AvgIpc) is 3.28. The molecule has 4 rings (SSSR count). The summed E-state index contributed by atoms with van der Waals surface area (Å²) in [7, 11) is 0. The van der Waals surface area contributed by atoms with Crippen LogP contribution < -0.4 is 5.56 Å². The van der Waals surface area contributed by atoms with Gasteiger partial charge in [0, 0.05) is 43.6 Å². The first-order valence-corrected chi connectivity index (χ1v) is 9.15. The van der Waals surface area contributed by atoms with Gasteiger partial charge in [-0.15, -0.1) is 0 Å². The maximum Gasteiger partial charge on any atom is 0.266 e. The van der Waals surface area contributed by atoms with E-state index in [9.17, 15) is 9.59 Å². The number of hydrogen-bond acceptors (Lipinski definition) is 4. The average molecular weight is 330 g/mol. The van der Waals surface area contributed by atoms with Gasteiger partial charge in [0.05, 0.1) is 18.3 Å². The predicted molar refractivity (Wildman–Crippen MR) is 90.8 cm³/mol. The Kier molecular flexibility index (Phi) is 3.95. The van der Waals surface area contributed by atoms with Gasteiger partial charge in [-0.3, -0.25) is 14.5 Å². The lowest BCUT2D eigenvalue weighted by Crippen LogP contribution is -2.56. The third-order valence-electron chi connectivity index (χ3n) is 5.58. The smallest absolute Gasteiger partial charge is 0.266 e. The van der Waals surface area contributed by atoms with E-state index in [1.165, 1.54) is 12.8 Å². The first-order valence-electron chi connectivity index (χ1n) is 9.15. The molecule has 2 aliphatic heterocycles. The predicted octanol–water partition coefficient (Wildman–Crippen LogP) is 1.06. The summed E-state index contributed by atoms with van der Waals surface area (Å²) in [6, 6.07) is 3.86. The van der Waals surface area contributed by atoms with Gasteiger partial charge in [-0.2, -0.15) is 5.10 Å². The highest BCUT2D eigenvalue weighted by Crippen LogP contribution is 2.38. The molecular formula is C18H26N4O2. The van der Waals surface area contributed by atoms with Gasteiger partial charge in [-0.25, -0.2) is 4.68 Å². The van der Waals surface area contributed by atoms with E-state index in [4.69, 9.17) is 0 Å². The van der Waals surface area contributed by atoms with Gasteiger partial charge in [-0.05, 0) is 39.2 Å². The Labute approximate surface area is 142 Å². The van der Waals surface area contributed by atoms with Crippen LogP contribution in [-0.4, -0.2) is 57.2 Å². The maximum absolute atomic E-state index is 12.4. The molecule has 0 N–H and O–H groups in total. The summed E-state index contributed by atoms with van der Waals surface area (Å²) in [5, 5.41) is 4.54. The normalized spacial score (nSPS) is 25.5. The zero-order chi connectivity index (χ0) is 16.8. The zero-order valence-electron chi connectivity index (χ0n) is 14.5. The minimum Gasteiger partial charge on any atom is -0.339 e. The second kappa shape index (κ2) is 5.99. The third-order valence-corrected chi connectivity index (χ3v) is 5.58. The fourth-order valence-corrected chi connectivity index (χ4v) is 3.95. The lowest BCUT2D eigenvalue weighted by atomic mass is 9.97. The Hall–Kier alpha value is -1.69. The highest BCUT2D eigenvalue weighted by molar-refractivity contribution is 5.84. The summed E-state index contributed by atoms with van der Waals surface area (Å²) in [4.78, 5) is 28.7. The molecule has 3 heterocycles. The van der Waals surface area contributed by atoms with E-state index < -0.39 is 0 Å². The first-order chi connectivity index (χ1) is 11.5. The van der Waals surface area contributed by atoms with Crippen molar-refractivity contribution in [3.05, 3.63) is 28.2 Å². The lowest BCUT2D eigenvalue weighted by Gasteiger charge is -2.42. The summed E-state index contributed by atoms with van der Waals surface area (Å²) >= 11 is 0. The van der Waals surface area contributed by atoms with Crippen LogP contribution >= 0.6 is 0 Å². The summed E-state index contributed by atoms with van der Waals surface area (Å²) in [6.45, 7) is 7.47. The van der Waals surface area contributed by atoms with E-state index >= 15 is 0 Å². The Morgan fingerprint density at radius 1 is 1.17 bits per heavy atom. The largest absolute Gasteiger partial charge is 0.339 e.